The zero-order valence-corrected chi connectivity index (χ0v) is 26.8. The van der Waals surface area contributed by atoms with Gasteiger partial charge in [-0.1, -0.05) is 44.2 Å². The van der Waals surface area contributed by atoms with Gasteiger partial charge >= 0.3 is 6.09 Å². The first kappa shape index (κ1) is 34.4. The van der Waals surface area contributed by atoms with Crippen molar-refractivity contribution >= 4 is 35.6 Å². The number of carbonyl (C=O) groups excluding carboxylic acids is 4. The highest BCUT2D eigenvalue weighted by molar-refractivity contribution is 8.00. The number of hydrogen-bond acceptors (Lipinski definition) is 7. The Bertz CT molecular complexity index is 1080. The molecule has 4 amide bonds. The van der Waals surface area contributed by atoms with E-state index >= 15 is 0 Å². The van der Waals surface area contributed by atoms with Crippen LogP contribution in [0, 0.1) is 5.92 Å². The van der Waals surface area contributed by atoms with Crippen molar-refractivity contribution in [3.05, 3.63) is 35.9 Å². The van der Waals surface area contributed by atoms with Crippen LogP contribution >= 0.6 is 11.8 Å². The third kappa shape index (κ3) is 10.2. The summed E-state index contributed by atoms with van der Waals surface area (Å²) in [6.07, 6.45) is -2.24. The number of nitrogens with zero attached hydrogens (tertiary/aromatic N) is 1. The number of aliphatic hydroxyl groups excluding tert-OH is 1. The average Bonchev–Trinajstić information content (AvgIpc) is 3.14. The fourth-order valence-electron chi connectivity index (χ4n) is 4.54. The monoisotopic (exact) mass is 592 g/mol. The fourth-order valence-corrected chi connectivity index (χ4v) is 5.68. The molecule has 1 aromatic rings. The average molecular weight is 593 g/mol. The van der Waals surface area contributed by atoms with Crippen molar-refractivity contribution in [2.24, 2.45) is 5.92 Å². The molecule has 2 rings (SSSR count). The zero-order chi connectivity index (χ0) is 31.3. The van der Waals surface area contributed by atoms with Crippen molar-refractivity contribution in [2.75, 3.05) is 5.88 Å². The van der Waals surface area contributed by atoms with Crippen LogP contribution < -0.4 is 16.0 Å². The maximum Gasteiger partial charge on any atom is 0.408 e. The molecule has 0 aromatic heterocycles. The Morgan fingerprint density at radius 2 is 1.63 bits per heavy atom. The molecular weight excluding hydrogens is 544 g/mol. The van der Waals surface area contributed by atoms with Crippen LogP contribution in [-0.2, 0) is 25.5 Å². The number of carbonyl (C=O) groups is 4. The van der Waals surface area contributed by atoms with Gasteiger partial charge in [0.1, 0.15) is 17.7 Å². The van der Waals surface area contributed by atoms with Gasteiger partial charge in [0.25, 0.3) is 5.91 Å². The highest BCUT2D eigenvalue weighted by Gasteiger charge is 2.50. The van der Waals surface area contributed by atoms with Gasteiger partial charge < -0.3 is 30.7 Å². The summed E-state index contributed by atoms with van der Waals surface area (Å²) >= 11 is 1.45. The first-order valence-corrected chi connectivity index (χ1v) is 15.0. The molecule has 1 fully saturated rings. The summed E-state index contributed by atoms with van der Waals surface area (Å²) in [5.41, 5.74) is -0.466. The lowest BCUT2D eigenvalue weighted by atomic mass is 9.95. The largest absolute Gasteiger partial charge is 0.444 e. The normalized spacial score (nSPS) is 19.2. The maximum atomic E-state index is 13.8. The molecule has 1 saturated heterocycles. The van der Waals surface area contributed by atoms with Crippen LogP contribution in [0.1, 0.15) is 74.8 Å². The lowest BCUT2D eigenvalue weighted by molar-refractivity contribution is -0.148. The lowest BCUT2D eigenvalue weighted by Crippen LogP contribution is -2.61. The molecule has 230 valence electrons. The van der Waals surface area contributed by atoms with Gasteiger partial charge in [0.15, 0.2) is 6.10 Å². The van der Waals surface area contributed by atoms with Gasteiger partial charge in [0.05, 0.1) is 11.9 Å². The minimum absolute atomic E-state index is 0.153. The van der Waals surface area contributed by atoms with Crippen molar-refractivity contribution < 1.29 is 29.0 Å². The number of ether oxygens (including phenoxy) is 1. The van der Waals surface area contributed by atoms with Gasteiger partial charge in [-0.05, 0) is 73.3 Å². The predicted molar refractivity (Wildman–Crippen MR) is 161 cm³/mol. The molecular formula is C30H48N4O6S. The molecule has 4 atom stereocenters. The second-order valence-electron chi connectivity index (χ2n) is 13.4. The summed E-state index contributed by atoms with van der Waals surface area (Å²) < 4.78 is 4.74. The molecule has 1 aromatic carbocycles. The topological polar surface area (TPSA) is 137 Å². The van der Waals surface area contributed by atoms with Gasteiger partial charge in [0.2, 0.25) is 11.8 Å². The summed E-state index contributed by atoms with van der Waals surface area (Å²) in [5.74, 6) is -1.62. The Balaban J connectivity index is 2.34. The lowest BCUT2D eigenvalue weighted by Gasteiger charge is -2.35. The molecule has 1 heterocycles. The molecule has 4 N–H and O–H groups in total. The van der Waals surface area contributed by atoms with Gasteiger partial charge in [-0.15, -0.1) is 11.8 Å². The van der Waals surface area contributed by atoms with Gasteiger partial charge in [0, 0.05) is 10.3 Å². The molecule has 11 heteroatoms. The van der Waals surface area contributed by atoms with Crippen LogP contribution in [0.2, 0.25) is 0 Å². The Labute approximate surface area is 248 Å². The number of benzene rings is 1. The molecule has 1 aliphatic heterocycles. The standard InChI is InChI=1S/C30H48N4O6S/c1-18(2)21(32-27(39)40-29(6,7)8)24(36)31-20(16-19-14-12-11-13-15-19)22(35)26(38)34-17-41-30(9,10)23(34)25(37)33-28(3,4)5/h11-15,18,20-23,35H,16-17H2,1-10H3,(H,31,36)(H,32,39)(H,33,37)/t20-,21-,22-,23-/m0/s1. The van der Waals surface area contributed by atoms with E-state index in [-0.39, 0.29) is 24.1 Å². The second-order valence-corrected chi connectivity index (χ2v) is 15.0. The quantitative estimate of drug-likeness (QED) is 0.346. The van der Waals surface area contributed by atoms with E-state index in [1.165, 1.54) is 16.7 Å². The number of amides is 4. The fraction of sp³-hybridized carbons (Fsp3) is 0.667. The number of rotatable bonds is 9. The summed E-state index contributed by atoms with van der Waals surface area (Å²) in [5, 5.41) is 19.8. The van der Waals surface area contributed by atoms with Crippen molar-refractivity contribution in [1.82, 2.24) is 20.9 Å². The summed E-state index contributed by atoms with van der Waals surface area (Å²) in [7, 11) is 0. The van der Waals surface area contributed by atoms with Crippen molar-refractivity contribution in [3.8, 4) is 0 Å². The van der Waals surface area contributed by atoms with Crippen LogP contribution in [0.15, 0.2) is 30.3 Å². The third-order valence-corrected chi connectivity index (χ3v) is 7.83. The van der Waals surface area contributed by atoms with Crippen LogP contribution in [-0.4, -0.2) is 79.8 Å². The molecule has 0 unspecified atom stereocenters. The van der Waals surface area contributed by atoms with E-state index < -0.39 is 58.0 Å². The first-order chi connectivity index (χ1) is 18.7. The van der Waals surface area contributed by atoms with E-state index in [9.17, 15) is 24.3 Å². The van der Waals surface area contributed by atoms with E-state index in [0.29, 0.717) is 0 Å². The Kier molecular flexibility index (Phi) is 11.3. The summed E-state index contributed by atoms with van der Waals surface area (Å²) in [4.78, 5) is 54.4. The van der Waals surface area contributed by atoms with E-state index in [4.69, 9.17) is 4.74 Å². The first-order valence-electron chi connectivity index (χ1n) is 14.0. The van der Waals surface area contributed by atoms with Crippen molar-refractivity contribution in [1.29, 1.82) is 0 Å². The number of thioether (sulfide) groups is 1. The van der Waals surface area contributed by atoms with Crippen molar-refractivity contribution in [3.63, 3.8) is 0 Å². The highest BCUT2D eigenvalue weighted by atomic mass is 32.2. The predicted octanol–water partition coefficient (Wildman–Crippen LogP) is 3.22. The maximum absolute atomic E-state index is 13.8. The van der Waals surface area contributed by atoms with E-state index in [0.717, 1.165) is 5.56 Å². The number of aliphatic hydroxyl groups is 1. The van der Waals surface area contributed by atoms with Gasteiger partial charge in [-0.2, -0.15) is 0 Å². The number of hydrogen-bond donors (Lipinski definition) is 4. The van der Waals surface area contributed by atoms with Crippen LogP contribution in [0.3, 0.4) is 0 Å². The van der Waals surface area contributed by atoms with Gasteiger partial charge in [-0.3, -0.25) is 14.4 Å². The molecule has 0 bridgehead atoms. The van der Waals surface area contributed by atoms with Crippen LogP contribution in [0.25, 0.3) is 0 Å². The minimum Gasteiger partial charge on any atom is -0.444 e. The second kappa shape index (κ2) is 13.5. The highest BCUT2D eigenvalue weighted by Crippen LogP contribution is 2.40. The molecule has 0 saturated carbocycles. The number of alkyl carbamates (subject to hydrolysis) is 1. The van der Waals surface area contributed by atoms with E-state index in [1.54, 1.807) is 34.6 Å². The molecule has 0 aliphatic carbocycles. The molecule has 0 radical (unpaired) electrons. The van der Waals surface area contributed by atoms with Crippen molar-refractivity contribution in [2.45, 2.75) is 116 Å². The minimum atomic E-state index is -1.65. The van der Waals surface area contributed by atoms with E-state index in [1.807, 2.05) is 65.0 Å². The van der Waals surface area contributed by atoms with Gasteiger partial charge in [-0.25, -0.2) is 4.79 Å². The smallest absolute Gasteiger partial charge is 0.408 e. The summed E-state index contributed by atoms with van der Waals surface area (Å²) in [6.45, 7) is 18.1. The number of nitrogens with one attached hydrogen (secondary N) is 3. The Morgan fingerprint density at radius 3 is 2.15 bits per heavy atom. The Hall–Kier alpha value is -2.79. The molecule has 41 heavy (non-hydrogen) atoms. The Morgan fingerprint density at radius 1 is 1.05 bits per heavy atom. The van der Waals surface area contributed by atoms with Crippen LogP contribution in [0.4, 0.5) is 4.79 Å². The zero-order valence-electron chi connectivity index (χ0n) is 26.0. The summed E-state index contributed by atoms with van der Waals surface area (Å²) in [6, 6.07) is 6.36. The van der Waals surface area contributed by atoms with E-state index in [2.05, 4.69) is 16.0 Å². The molecule has 1 aliphatic rings. The SMILES string of the molecule is CC(C)[C@H](NC(=O)OC(C)(C)C)C(=O)N[C@@H](Cc1ccccc1)[C@H](O)C(=O)N1CSC(C)(C)[C@@H]1C(=O)NC(C)(C)C. The molecule has 0 spiro atoms. The third-order valence-electron chi connectivity index (χ3n) is 6.46. The molecule has 10 nitrogen and oxygen atoms in total. The van der Waals surface area contributed by atoms with Crippen LogP contribution in [0.5, 0.6) is 0 Å².